The molecule has 4 aliphatic rings. The first kappa shape index (κ1) is 21.3. The first-order valence-corrected chi connectivity index (χ1v) is 11.2. The number of rotatable bonds is 9. The molecule has 6 heteroatoms. The zero-order valence-electron chi connectivity index (χ0n) is 17.6. The van der Waals surface area contributed by atoms with E-state index in [0.717, 1.165) is 51.4 Å². The van der Waals surface area contributed by atoms with E-state index in [9.17, 15) is 14.3 Å². The smallest absolute Gasteiger partial charge is 0.229 e. The van der Waals surface area contributed by atoms with Crippen LogP contribution in [0.3, 0.4) is 0 Å². The van der Waals surface area contributed by atoms with Crippen molar-refractivity contribution in [2.24, 2.45) is 11.1 Å². The Hall–Kier alpha value is -1.92. The number of amides is 1. The molecule has 1 aromatic rings. The number of aliphatic hydroxyl groups excluding tert-OH is 1. The first-order valence-electron chi connectivity index (χ1n) is 11.2. The Morgan fingerprint density at radius 1 is 1.17 bits per heavy atom. The van der Waals surface area contributed by atoms with Crippen molar-refractivity contribution >= 4 is 5.91 Å². The maximum absolute atomic E-state index is 13.4. The number of carbonyl (C=O) groups excluding carboxylic acids is 1. The Morgan fingerprint density at radius 2 is 1.80 bits per heavy atom. The van der Waals surface area contributed by atoms with E-state index < -0.39 is 0 Å². The zero-order chi connectivity index (χ0) is 21.2. The standard InChI is InChI=1S/C24H33FN2O3/c25-15-18(16-26)17-30-21-5-1-19(2-6-21)23-7-10-24(11-8-23,12-9-23)22(29)27(13-14-28)20-3-4-20/h1-2,5-6,15,20,28H,3-4,7-14,16-17,26H2. The summed E-state index contributed by atoms with van der Waals surface area (Å²) in [4.78, 5) is 15.3. The zero-order valence-corrected chi connectivity index (χ0v) is 17.6. The molecule has 0 aromatic heterocycles. The molecule has 0 saturated heterocycles. The molecule has 164 valence electrons. The molecule has 30 heavy (non-hydrogen) atoms. The SMILES string of the molecule is NCC(=CF)COc1ccc(C23CCC(C(=O)N(CCO)C4CC4)(CC2)CC3)cc1. The number of aliphatic hydroxyl groups is 1. The minimum atomic E-state index is -0.222. The summed E-state index contributed by atoms with van der Waals surface area (Å²) >= 11 is 0. The second-order valence-corrected chi connectivity index (χ2v) is 9.30. The van der Waals surface area contributed by atoms with Crippen LogP contribution in [0.4, 0.5) is 4.39 Å². The van der Waals surface area contributed by atoms with E-state index in [1.54, 1.807) is 0 Å². The van der Waals surface area contributed by atoms with E-state index in [1.807, 2.05) is 17.0 Å². The number of nitrogens with two attached hydrogens (primary N) is 1. The van der Waals surface area contributed by atoms with Gasteiger partial charge >= 0.3 is 0 Å². The third kappa shape index (κ3) is 4.00. The Balaban J connectivity index is 1.41. The minimum absolute atomic E-state index is 0.0462. The van der Waals surface area contributed by atoms with Gasteiger partial charge in [0.2, 0.25) is 5.91 Å². The number of ether oxygens (including phenoxy) is 1. The van der Waals surface area contributed by atoms with Crippen LogP contribution in [0, 0.1) is 5.41 Å². The number of carbonyl (C=O) groups is 1. The van der Waals surface area contributed by atoms with E-state index in [2.05, 4.69) is 12.1 Å². The van der Waals surface area contributed by atoms with Crippen LogP contribution < -0.4 is 10.5 Å². The number of hydrogen-bond donors (Lipinski definition) is 2. The van der Waals surface area contributed by atoms with Crippen LogP contribution in [0.2, 0.25) is 0 Å². The van der Waals surface area contributed by atoms with Gasteiger partial charge < -0.3 is 20.5 Å². The van der Waals surface area contributed by atoms with Gasteiger partial charge in [0, 0.05) is 30.1 Å². The summed E-state index contributed by atoms with van der Waals surface area (Å²) in [6, 6.07) is 8.51. The van der Waals surface area contributed by atoms with Crippen LogP contribution in [0.15, 0.2) is 36.2 Å². The number of hydrogen-bond acceptors (Lipinski definition) is 4. The molecule has 4 fully saturated rings. The molecule has 4 saturated carbocycles. The quantitative estimate of drug-likeness (QED) is 0.647. The molecule has 5 nitrogen and oxygen atoms in total. The highest BCUT2D eigenvalue weighted by Crippen LogP contribution is 2.58. The highest BCUT2D eigenvalue weighted by atomic mass is 19.1. The molecule has 1 aromatic carbocycles. The number of nitrogens with zero attached hydrogens (tertiary/aromatic N) is 1. The predicted molar refractivity (Wildman–Crippen MR) is 114 cm³/mol. The largest absolute Gasteiger partial charge is 0.489 e. The van der Waals surface area contributed by atoms with Crippen LogP contribution in [0.1, 0.15) is 56.9 Å². The lowest BCUT2D eigenvalue weighted by molar-refractivity contribution is -0.150. The Labute approximate surface area is 178 Å². The molecule has 4 aliphatic carbocycles. The normalized spacial score (nSPS) is 28.4. The summed E-state index contributed by atoms with van der Waals surface area (Å²) in [6.07, 6.45) is 8.53. The van der Waals surface area contributed by atoms with Gasteiger partial charge in [-0.1, -0.05) is 12.1 Å². The molecular formula is C24H33FN2O3. The topological polar surface area (TPSA) is 75.8 Å². The summed E-state index contributed by atoms with van der Waals surface area (Å²) < 4.78 is 18.3. The molecule has 0 heterocycles. The van der Waals surface area contributed by atoms with Gasteiger partial charge in [0.25, 0.3) is 0 Å². The average Bonchev–Trinajstić information content (AvgIpc) is 3.64. The van der Waals surface area contributed by atoms with Gasteiger partial charge in [-0.05, 0) is 74.5 Å². The molecule has 0 radical (unpaired) electrons. The summed E-state index contributed by atoms with van der Waals surface area (Å²) in [5.74, 6) is 0.996. The fourth-order valence-corrected chi connectivity index (χ4v) is 5.40. The Bertz CT molecular complexity index is 764. The molecule has 0 aliphatic heterocycles. The summed E-state index contributed by atoms with van der Waals surface area (Å²) in [7, 11) is 0. The van der Waals surface area contributed by atoms with E-state index in [-0.39, 0.29) is 36.5 Å². The third-order valence-corrected chi connectivity index (χ3v) is 7.60. The lowest BCUT2D eigenvalue weighted by Gasteiger charge is -2.54. The predicted octanol–water partition coefficient (Wildman–Crippen LogP) is 3.45. The van der Waals surface area contributed by atoms with Crippen molar-refractivity contribution in [1.29, 1.82) is 0 Å². The number of benzene rings is 1. The van der Waals surface area contributed by atoms with Gasteiger partial charge in [-0.25, -0.2) is 4.39 Å². The second kappa shape index (κ2) is 8.67. The van der Waals surface area contributed by atoms with Gasteiger partial charge in [0.15, 0.2) is 0 Å². The second-order valence-electron chi connectivity index (χ2n) is 9.30. The summed E-state index contributed by atoms with van der Waals surface area (Å²) in [5, 5.41) is 9.40. The molecule has 5 rings (SSSR count). The molecule has 2 bridgehead atoms. The maximum atomic E-state index is 13.4. The van der Waals surface area contributed by atoms with Crippen molar-refractivity contribution in [2.75, 3.05) is 26.3 Å². The highest BCUT2D eigenvalue weighted by molar-refractivity contribution is 5.84. The molecule has 0 spiro atoms. The Kier molecular flexibility index (Phi) is 6.16. The van der Waals surface area contributed by atoms with Gasteiger partial charge in [-0.3, -0.25) is 4.79 Å². The number of fused-ring (bicyclic) bond motifs is 3. The van der Waals surface area contributed by atoms with Crippen molar-refractivity contribution in [3.63, 3.8) is 0 Å². The molecule has 1 amide bonds. The molecule has 3 N–H and O–H groups in total. The van der Waals surface area contributed by atoms with Crippen LogP contribution in [-0.2, 0) is 10.2 Å². The first-order chi connectivity index (χ1) is 14.6. The van der Waals surface area contributed by atoms with Gasteiger partial charge in [-0.15, -0.1) is 0 Å². The van der Waals surface area contributed by atoms with Gasteiger partial charge in [-0.2, -0.15) is 0 Å². The Morgan fingerprint density at radius 3 is 2.30 bits per heavy atom. The van der Waals surface area contributed by atoms with Crippen molar-refractivity contribution in [3.8, 4) is 5.75 Å². The van der Waals surface area contributed by atoms with E-state index in [4.69, 9.17) is 10.5 Å². The van der Waals surface area contributed by atoms with Gasteiger partial charge in [0.1, 0.15) is 12.4 Å². The van der Waals surface area contributed by atoms with Crippen molar-refractivity contribution in [3.05, 3.63) is 41.7 Å². The average molecular weight is 417 g/mol. The highest BCUT2D eigenvalue weighted by Gasteiger charge is 2.54. The lowest BCUT2D eigenvalue weighted by Crippen LogP contribution is -2.53. The lowest BCUT2D eigenvalue weighted by atomic mass is 9.51. The van der Waals surface area contributed by atoms with E-state index >= 15 is 0 Å². The monoisotopic (exact) mass is 416 g/mol. The summed E-state index contributed by atoms with van der Waals surface area (Å²) in [6.45, 7) is 0.827. The van der Waals surface area contributed by atoms with Gasteiger partial charge in [0.05, 0.1) is 12.9 Å². The maximum Gasteiger partial charge on any atom is 0.229 e. The fourth-order valence-electron chi connectivity index (χ4n) is 5.40. The molecular weight excluding hydrogens is 383 g/mol. The van der Waals surface area contributed by atoms with E-state index in [1.165, 1.54) is 5.56 Å². The van der Waals surface area contributed by atoms with Crippen LogP contribution in [-0.4, -0.2) is 48.3 Å². The van der Waals surface area contributed by atoms with Crippen LogP contribution >= 0.6 is 0 Å². The van der Waals surface area contributed by atoms with Crippen molar-refractivity contribution in [1.82, 2.24) is 4.90 Å². The number of halogens is 1. The van der Waals surface area contributed by atoms with Crippen LogP contribution in [0.5, 0.6) is 5.75 Å². The fraction of sp³-hybridized carbons (Fsp3) is 0.625. The molecule has 0 atom stereocenters. The van der Waals surface area contributed by atoms with Crippen molar-refractivity contribution in [2.45, 2.75) is 62.8 Å². The van der Waals surface area contributed by atoms with Crippen LogP contribution in [0.25, 0.3) is 0 Å². The summed E-state index contributed by atoms with van der Waals surface area (Å²) in [5.41, 5.74) is 7.13. The molecule has 0 unspecified atom stereocenters. The third-order valence-electron chi connectivity index (χ3n) is 7.60. The van der Waals surface area contributed by atoms with Crippen molar-refractivity contribution < 1.29 is 19.0 Å². The minimum Gasteiger partial charge on any atom is -0.489 e. The van der Waals surface area contributed by atoms with E-state index in [0.29, 0.717) is 30.2 Å².